The number of halogens is 1. The van der Waals surface area contributed by atoms with Crippen LogP contribution in [0.1, 0.15) is 5.56 Å². The Kier molecular flexibility index (Phi) is 4.92. The molecule has 0 aromatic heterocycles. The third-order valence-corrected chi connectivity index (χ3v) is 5.40. The fourth-order valence-electron chi connectivity index (χ4n) is 2.33. The first-order valence-corrected chi connectivity index (χ1v) is 9.39. The van der Waals surface area contributed by atoms with Crippen LogP contribution in [-0.2, 0) is 14.3 Å². The highest BCUT2D eigenvalue weighted by atomic mass is 35.5. The molecule has 0 fully saturated rings. The number of ether oxygens (including phenoxy) is 2. The molecular formula is C17H18ClNO5S. The van der Waals surface area contributed by atoms with E-state index in [1.807, 2.05) is 6.92 Å². The predicted molar refractivity (Wildman–Crippen MR) is 93.7 cm³/mol. The van der Waals surface area contributed by atoms with E-state index in [0.717, 1.165) is 5.56 Å². The molecule has 3 rings (SSSR count). The van der Waals surface area contributed by atoms with Crippen molar-refractivity contribution in [1.82, 2.24) is 5.32 Å². The van der Waals surface area contributed by atoms with Gasteiger partial charge in [0.15, 0.2) is 11.5 Å². The van der Waals surface area contributed by atoms with Crippen LogP contribution in [0.4, 0.5) is 0 Å². The standard InChI is InChI=1S/C17H18ClNO5S/c1-12-3-6-14(7-4-12)25(20,21)23-11-17(19-2)10-22-15-8-5-13(18)9-16(15)24-17/h3-9,19H,10-11H2,1-2H3/t17-/m1/s1. The summed E-state index contributed by atoms with van der Waals surface area (Å²) < 4.78 is 41.5. The van der Waals surface area contributed by atoms with Gasteiger partial charge in [0.1, 0.15) is 13.2 Å². The molecule has 0 amide bonds. The summed E-state index contributed by atoms with van der Waals surface area (Å²) in [6.07, 6.45) is 0. The first kappa shape index (κ1) is 18.0. The van der Waals surface area contributed by atoms with Crippen LogP contribution in [0.15, 0.2) is 47.4 Å². The molecule has 1 aliphatic heterocycles. The molecule has 0 spiro atoms. The van der Waals surface area contributed by atoms with E-state index in [-0.39, 0.29) is 18.1 Å². The first-order chi connectivity index (χ1) is 11.8. The van der Waals surface area contributed by atoms with Gasteiger partial charge in [0.25, 0.3) is 10.1 Å². The third-order valence-electron chi connectivity index (χ3n) is 3.88. The average molecular weight is 384 g/mol. The largest absolute Gasteiger partial charge is 0.484 e. The number of hydrogen-bond acceptors (Lipinski definition) is 6. The van der Waals surface area contributed by atoms with Gasteiger partial charge in [-0.15, -0.1) is 0 Å². The quantitative estimate of drug-likeness (QED) is 0.800. The van der Waals surface area contributed by atoms with E-state index >= 15 is 0 Å². The Morgan fingerprint density at radius 2 is 1.92 bits per heavy atom. The van der Waals surface area contributed by atoms with Crippen LogP contribution in [0.3, 0.4) is 0 Å². The van der Waals surface area contributed by atoms with Gasteiger partial charge in [0, 0.05) is 11.1 Å². The minimum Gasteiger partial charge on any atom is -0.484 e. The lowest BCUT2D eigenvalue weighted by atomic mass is 10.2. The molecule has 0 aliphatic carbocycles. The zero-order chi connectivity index (χ0) is 18.1. The minimum atomic E-state index is -3.91. The number of aryl methyl sites for hydroxylation is 1. The van der Waals surface area contributed by atoms with Crippen molar-refractivity contribution in [2.75, 3.05) is 20.3 Å². The van der Waals surface area contributed by atoms with Crippen molar-refractivity contribution in [2.45, 2.75) is 17.5 Å². The molecule has 2 aromatic carbocycles. The van der Waals surface area contributed by atoms with Crippen molar-refractivity contribution in [2.24, 2.45) is 0 Å². The molecule has 0 saturated carbocycles. The Morgan fingerprint density at radius 3 is 2.60 bits per heavy atom. The van der Waals surface area contributed by atoms with Gasteiger partial charge in [-0.3, -0.25) is 9.50 Å². The highest BCUT2D eigenvalue weighted by molar-refractivity contribution is 7.86. The lowest BCUT2D eigenvalue weighted by molar-refractivity contribution is -0.0582. The fourth-order valence-corrected chi connectivity index (χ4v) is 3.44. The summed E-state index contributed by atoms with van der Waals surface area (Å²) in [6.45, 7) is 1.70. The molecule has 0 bridgehead atoms. The average Bonchev–Trinajstić information content (AvgIpc) is 2.60. The number of benzene rings is 2. The molecule has 8 heteroatoms. The highest BCUT2D eigenvalue weighted by Gasteiger charge is 2.39. The number of nitrogens with one attached hydrogen (secondary N) is 1. The van der Waals surface area contributed by atoms with Crippen molar-refractivity contribution in [3.8, 4) is 11.5 Å². The van der Waals surface area contributed by atoms with Crippen molar-refractivity contribution >= 4 is 21.7 Å². The monoisotopic (exact) mass is 383 g/mol. The Morgan fingerprint density at radius 1 is 1.20 bits per heavy atom. The smallest absolute Gasteiger partial charge is 0.297 e. The van der Waals surface area contributed by atoms with Crippen molar-refractivity contribution in [3.05, 3.63) is 53.1 Å². The SMILES string of the molecule is CN[C@]1(COS(=O)(=O)c2ccc(C)cc2)COc2ccc(Cl)cc2O1. The molecule has 2 aromatic rings. The Balaban J connectivity index is 1.77. The van der Waals surface area contributed by atoms with E-state index in [1.165, 1.54) is 12.1 Å². The summed E-state index contributed by atoms with van der Waals surface area (Å²) >= 11 is 5.97. The van der Waals surface area contributed by atoms with Gasteiger partial charge >= 0.3 is 0 Å². The van der Waals surface area contributed by atoms with E-state index < -0.39 is 15.8 Å². The van der Waals surface area contributed by atoms with Crippen LogP contribution in [0.2, 0.25) is 5.02 Å². The van der Waals surface area contributed by atoms with Crippen LogP contribution in [0.25, 0.3) is 0 Å². The van der Waals surface area contributed by atoms with Gasteiger partial charge in [-0.25, -0.2) is 0 Å². The zero-order valence-corrected chi connectivity index (χ0v) is 15.4. The van der Waals surface area contributed by atoms with Crippen molar-refractivity contribution in [1.29, 1.82) is 0 Å². The molecular weight excluding hydrogens is 366 g/mol. The maximum atomic E-state index is 12.4. The number of likely N-dealkylation sites (N-methyl/N-ethyl adjacent to an activating group) is 1. The Labute approximate surface area is 151 Å². The molecule has 0 saturated heterocycles. The van der Waals surface area contributed by atoms with Crippen LogP contribution in [-0.4, -0.2) is 34.4 Å². The lowest BCUT2D eigenvalue weighted by Crippen LogP contribution is -2.58. The minimum absolute atomic E-state index is 0.0849. The summed E-state index contributed by atoms with van der Waals surface area (Å²) in [5.41, 5.74) is -0.182. The topological polar surface area (TPSA) is 73.9 Å². The van der Waals surface area contributed by atoms with Gasteiger partial charge in [-0.05, 0) is 38.2 Å². The number of rotatable bonds is 5. The fraction of sp³-hybridized carbons (Fsp3) is 0.294. The summed E-state index contributed by atoms with van der Waals surface area (Å²) in [5.74, 6) is 0.959. The molecule has 25 heavy (non-hydrogen) atoms. The summed E-state index contributed by atoms with van der Waals surface area (Å²) in [5, 5.41) is 3.42. The Hall–Kier alpha value is -1.80. The number of hydrogen-bond donors (Lipinski definition) is 1. The van der Waals surface area contributed by atoms with E-state index in [4.69, 9.17) is 25.3 Å². The molecule has 1 aliphatic rings. The normalized spacial score (nSPS) is 19.6. The molecule has 1 N–H and O–H groups in total. The summed E-state index contributed by atoms with van der Waals surface area (Å²) in [7, 11) is -2.27. The van der Waals surface area contributed by atoms with Crippen LogP contribution < -0.4 is 14.8 Å². The maximum absolute atomic E-state index is 12.4. The molecule has 6 nitrogen and oxygen atoms in total. The van der Waals surface area contributed by atoms with Crippen molar-refractivity contribution in [3.63, 3.8) is 0 Å². The van der Waals surface area contributed by atoms with E-state index in [9.17, 15) is 8.42 Å². The molecule has 0 radical (unpaired) electrons. The van der Waals surface area contributed by atoms with Gasteiger partial charge in [-0.1, -0.05) is 29.3 Å². The van der Waals surface area contributed by atoms with Gasteiger partial charge in [0.05, 0.1) is 4.90 Å². The first-order valence-electron chi connectivity index (χ1n) is 7.60. The summed E-state index contributed by atoms with van der Waals surface area (Å²) in [4.78, 5) is 0.0875. The molecule has 1 heterocycles. The van der Waals surface area contributed by atoms with Gasteiger partial charge in [-0.2, -0.15) is 8.42 Å². The second-order valence-electron chi connectivity index (χ2n) is 5.76. The Bertz CT molecular complexity index is 869. The van der Waals surface area contributed by atoms with Crippen LogP contribution >= 0.6 is 11.6 Å². The zero-order valence-electron chi connectivity index (χ0n) is 13.8. The second-order valence-corrected chi connectivity index (χ2v) is 7.81. The van der Waals surface area contributed by atoms with Gasteiger partial charge < -0.3 is 9.47 Å². The maximum Gasteiger partial charge on any atom is 0.297 e. The van der Waals surface area contributed by atoms with Crippen LogP contribution in [0.5, 0.6) is 11.5 Å². The molecule has 0 unspecified atom stereocenters. The predicted octanol–water partition coefficient (Wildman–Crippen LogP) is 2.74. The second kappa shape index (κ2) is 6.84. The number of fused-ring (bicyclic) bond motifs is 1. The van der Waals surface area contributed by atoms with Gasteiger partial charge in [0.2, 0.25) is 5.72 Å². The van der Waals surface area contributed by atoms with E-state index in [2.05, 4.69) is 5.32 Å². The highest BCUT2D eigenvalue weighted by Crippen LogP contribution is 2.36. The van der Waals surface area contributed by atoms with Crippen molar-refractivity contribution < 1.29 is 22.1 Å². The summed E-state index contributed by atoms with van der Waals surface area (Å²) in [6, 6.07) is 11.4. The van der Waals surface area contributed by atoms with Crippen LogP contribution in [0, 0.1) is 6.92 Å². The third kappa shape index (κ3) is 3.90. The van der Waals surface area contributed by atoms with E-state index in [0.29, 0.717) is 16.5 Å². The lowest BCUT2D eigenvalue weighted by Gasteiger charge is -2.37. The van der Waals surface area contributed by atoms with E-state index in [1.54, 1.807) is 37.4 Å². The molecule has 1 atom stereocenters. The molecule has 134 valence electrons.